The molecule has 0 aliphatic carbocycles. The molecule has 0 saturated carbocycles. The van der Waals surface area contributed by atoms with E-state index in [-0.39, 0.29) is 0 Å². The zero-order chi connectivity index (χ0) is 11.4. The normalized spacial score (nSPS) is 12.6. The first-order chi connectivity index (χ1) is 7.81. The molecule has 0 aliphatic rings. The maximum Gasteiger partial charge on any atom is 0.0103 e. The monoisotopic (exact) mass is 294 g/mol. The molecule has 0 N–H and O–H groups in total. The molecule has 1 aromatic heterocycles. The van der Waals surface area contributed by atoms with Crippen molar-refractivity contribution in [2.24, 2.45) is 0 Å². The van der Waals surface area contributed by atoms with Crippen molar-refractivity contribution < 1.29 is 0 Å². The molecule has 1 aromatic carbocycles. The Hall–Kier alpha value is -0.600. The number of halogens is 1. The van der Waals surface area contributed by atoms with E-state index in [1.807, 2.05) is 0 Å². The second-order valence-corrected chi connectivity index (χ2v) is 5.47. The topological polar surface area (TPSA) is 0 Å². The van der Waals surface area contributed by atoms with Crippen LogP contribution in [-0.2, 0) is 6.42 Å². The van der Waals surface area contributed by atoms with Crippen molar-refractivity contribution >= 4 is 27.3 Å². The number of hydrogen-bond acceptors (Lipinski definition) is 1. The Bertz CT molecular complexity index is 434. The minimum Gasteiger partial charge on any atom is -0.152 e. The van der Waals surface area contributed by atoms with E-state index in [9.17, 15) is 0 Å². The number of benzene rings is 1. The minimum atomic E-state index is 0.579. The first kappa shape index (κ1) is 11.9. The average molecular weight is 295 g/mol. The van der Waals surface area contributed by atoms with Crippen molar-refractivity contribution in [1.82, 2.24) is 0 Å². The van der Waals surface area contributed by atoms with Crippen LogP contribution in [0.4, 0.5) is 0 Å². The maximum absolute atomic E-state index is 3.64. The van der Waals surface area contributed by atoms with Gasteiger partial charge < -0.3 is 0 Å². The van der Waals surface area contributed by atoms with Gasteiger partial charge >= 0.3 is 0 Å². The van der Waals surface area contributed by atoms with Gasteiger partial charge in [0.25, 0.3) is 0 Å². The van der Waals surface area contributed by atoms with Gasteiger partial charge in [-0.25, -0.2) is 0 Å². The summed E-state index contributed by atoms with van der Waals surface area (Å²) in [6, 6.07) is 10.9. The average Bonchev–Trinajstić information content (AvgIpc) is 2.80. The highest BCUT2D eigenvalue weighted by Gasteiger charge is 2.12. The summed E-state index contributed by atoms with van der Waals surface area (Å²) >= 11 is 5.41. The van der Waals surface area contributed by atoms with Crippen molar-refractivity contribution in [2.45, 2.75) is 19.3 Å². The summed E-state index contributed by atoms with van der Waals surface area (Å²) in [7, 11) is 0. The van der Waals surface area contributed by atoms with E-state index >= 15 is 0 Å². The van der Waals surface area contributed by atoms with Crippen LogP contribution in [0.1, 0.15) is 22.6 Å². The van der Waals surface area contributed by atoms with Crippen LogP contribution in [0.25, 0.3) is 0 Å². The quantitative estimate of drug-likeness (QED) is 0.712. The lowest BCUT2D eigenvalue weighted by Gasteiger charge is -2.16. The highest BCUT2D eigenvalue weighted by Crippen LogP contribution is 2.26. The number of alkyl halides is 1. The van der Waals surface area contributed by atoms with Crippen molar-refractivity contribution in [3.8, 4) is 0 Å². The molecule has 16 heavy (non-hydrogen) atoms. The summed E-state index contributed by atoms with van der Waals surface area (Å²) in [4.78, 5) is 0. The van der Waals surface area contributed by atoms with Gasteiger partial charge in [0.2, 0.25) is 0 Å². The standard InChI is InChI=1S/C14H15BrS/c1-11-4-2-3-5-14(11)13(9-15)8-12-6-7-16-10-12/h2-7,10,13H,8-9H2,1H3. The van der Waals surface area contributed by atoms with Gasteiger partial charge in [-0.2, -0.15) is 11.3 Å². The maximum atomic E-state index is 3.64. The predicted molar refractivity (Wildman–Crippen MR) is 75.7 cm³/mol. The third-order valence-corrected chi connectivity index (χ3v) is 4.39. The van der Waals surface area contributed by atoms with Crippen LogP contribution in [0.15, 0.2) is 41.1 Å². The highest BCUT2D eigenvalue weighted by molar-refractivity contribution is 9.09. The van der Waals surface area contributed by atoms with Crippen LogP contribution in [0.5, 0.6) is 0 Å². The van der Waals surface area contributed by atoms with E-state index in [1.54, 1.807) is 11.3 Å². The number of thiophene rings is 1. The van der Waals surface area contributed by atoms with Gasteiger partial charge in [-0.1, -0.05) is 40.2 Å². The molecule has 2 rings (SSSR count). The van der Waals surface area contributed by atoms with E-state index in [0.29, 0.717) is 5.92 Å². The van der Waals surface area contributed by atoms with Gasteiger partial charge in [-0.05, 0) is 52.8 Å². The van der Waals surface area contributed by atoms with E-state index in [2.05, 4.69) is 63.9 Å². The molecular formula is C14H15BrS. The first-order valence-electron chi connectivity index (χ1n) is 5.44. The summed E-state index contributed by atoms with van der Waals surface area (Å²) in [5.41, 5.74) is 4.30. The fourth-order valence-electron chi connectivity index (χ4n) is 1.99. The van der Waals surface area contributed by atoms with Crippen molar-refractivity contribution in [1.29, 1.82) is 0 Å². The summed E-state index contributed by atoms with van der Waals surface area (Å²) in [6.07, 6.45) is 1.12. The molecule has 84 valence electrons. The molecule has 1 heterocycles. The molecule has 0 aliphatic heterocycles. The van der Waals surface area contributed by atoms with E-state index in [4.69, 9.17) is 0 Å². The van der Waals surface area contributed by atoms with Crippen LogP contribution in [0.2, 0.25) is 0 Å². The molecule has 0 nitrogen and oxygen atoms in total. The predicted octanol–water partition coefficient (Wildman–Crippen LogP) is 4.78. The molecule has 0 radical (unpaired) electrons. The molecule has 0 fully saturated rings. The summed E-state index contributed by atoms with van der Waals surface area (Å²) in [5, 5.41) is 5.42. The summed E-state index contributed by atoms with van der Waals surface area (Å²) in [6.45, 7) is 2.19. The Kier molecular flexibility index (Phi) is 4.19. The van der Waals surface area contributed by atoms with Gasteiger partial charge in [0.05, 0.1) is 0 Å². The Morgan fingerprint density at radius 1 is 1.25 bits per heavy atom. The molecule has 2 heteroatoms. The second kappa shape index (κ2) is 5.65. The van der Waals surface area contributed by atoms with Crippen molar-refractivity contribution in [3.63, 3.8) is 0 Å². The fraction of sp³-hybridized carbons (Fsp3) is 0.286. The Morgan fingerprint density at radius 2 is 2.06 bits per heavy atom. The van der Waals surface area contributed by atoms with E-state index in [0.717, 1.165) is 11.8 Å². The highest BCUT2D eigenvalue weighted by atomic mass is 79.9. The van der Waals surface area contributed by atoms with Crippen LogP contribution in [-0.4, -0.2) is 5.33 Å². The Balaban J connectivity index is 2.20. The lowest BCUT2D eigenvalue weighted by molar-refractivity contribution is 0.771. The molecule has 0 saturated heterocycles. The number of hydrogen-bond donors (Lipinski definition) is 0. The number of aryl methyl sites for hydroxylation is 1. The smallest absolute Gasteiger partial charge is 0.0103 e. The van der Waals surface area contributed by atoms with Crippen LogP contribution in [0, 0.1) is 6.92 Å². The summed E-state index contributed by atoms with van der Waals surface area (Å²) < 4.78 is 0. The molecule has 0 bridgehead atoms. The van der Waals surface area contributed by atoms with Gasteiger partial charge in [-0.3, -0.25) is 0 Å². The molecular weight excluding hydrogens is 280 g/mol. The Morgan fingerprint density at radius 3 is 2.69 bits per heavy atom. The molecule has 0 spiro atoms. The van der Waals surface area contributed by atoms with Crippen LogP contribution < -0.4 is 0 Å². The lowest BCUT2D eigenvalue weighted by Crippen LogP contribution is -2.05. The third-order valence-electron chi connectivity index (χ3n) is 2.88. The Labute approximate surface area is 109 Å². The lowest BCUT2D eigenvalue weighted by atomic mass is 9.92. The first-order valence-corrected chi connectivity index (χ1v) is 7.50. The third kappa shape index (κ3) is 2.74. The molecule has 0 amide bonds. The molecule has 1 unspecified atom stereocenters. The van der Waals surface area contributed by atoms with E-state index in [1.165, 1.54) is 16.7 Å². The second-order valence-electron chi connectivity index (χ2n) is 4.04. The zero-order valence-electron chi connectivity index (χ0n) is 9.32. The number of rotatable bonds is 4. The largest absolute Gasteiger partial charge is 0.152 e. The van der Waals surface area contributed by atoms with Crippen molar-refractivity contribution in [3.05, 3.63) is 57.8 Å². The minimum absolute atomic E-state index is 0.579. The van der Waals surface area contributed by atoms with Crippen molar-refractivity contribution in [2.75, 3.05) is 5.33 Å². The van der Waals surface area contributed by atoms with Crippen LogP contribution >= 0.6 is 27.3 Å². The molecule has 2 aromatic rings. The molecule has 1 atom stereocenters. The van der Waals surface area contributed by atoms with Gasteiger partial charge in [-0.15, -0.1) is 0 Å². The van der Waals surface area contributed by atoms with E-state index < -0.39 is 0 Å². The van der Waals surface area contributed by atoms with Crippen LogP contribution in [0.3, 0.4) is 0 Å². The summed E-state index contributed by atoms with van der Waals surface area (Å²) in [5.74, 6) is 0.579. The SMILES string of the molecule is Cc1ccccc1C(CBr)Cc1ccsc1. The zero-order valence-corrected chi connectivity index (χ0v) is 11.7. The van der Waals surface area contributed by atoms with Gasteiger partial charge in [0.1, 0.15) is 0 Å². The van der Waals surface area contributed by atoms with Gasteiger partial charge in [0.15, 0.2) is 0 Å². The van der Waals surface area contributed by atoms with Gasteiger partial charge in [0, 0.05) is 5.33 Å². The fourth-order valence-corrected chi connectivity index (χ4v) is 3.25.